The normalized spacial score (nSPS) is 11.1. The van der Waals surface area contributed by atoms with E-state index in [0.717, 1.165) is 11.1 Å². The topological polar surface area (TPSA) is 12.0 Å². The van der Waals surface area contributed by atoms with Crippen LogP contribution in [0.5, 0.6) is 0 Å². The molecular weight excluding hydrogens is 341 g/mol. The molecule has 0 unspecified atom stereocenters. The predicted octanol–water partition coefficient (Wildman–Crippen LogP) is 5.41. The maximum Gasteiger partial charge on any atom is 0.150 e. The quantitative estimate of drug-likeness (QED) is 0.723. The Morgan fingerprint density at radius 1 is 1.15 bits per heavy atom. The Morgan fingerprint density at radius 3 is 2.55 bits per heavy atom. The van der Waals surface area contributed by atoms with Crippen LogP contribution in [0.2, 0.25) is 5.02 Å². The number of nitrogens with one attached hydrogen (secondary N) is 1. The molecule has 0 bridgehead atoms. The zero-order valence-electron chi connectivity index (χ0n) is 11.4. The van der Waals surface area contributed by atoms with E-state index in [9.17, 15) is 4.39 Å². The van der Waals surface area contributed by atoms with Gasteiger partial charge >= 0.3 is 0 Å². The summed E-state index contributed by atoms with van der Waals surface area (Å²) < 4.78 is 14.9. The molecule has 0 saturated carbocycles. The summed E-state index contributed by atoms with van der Waals surface area (Å²) >= 11 is 9.21. The van der Waals surface area contributed by atoms with Gasteiger partial charge in [-0.2, -0.15) is 0 Å². The molecule has 2 rings (SSSR count). The van der Waals surface area contributed by atoms with Crippen LogP contribution in [-0.2, 0) is 6.54 Å². The van der Waals surface area contributed by atoms with E-state index in [1.807, 2.05) is 24.3 Å². The summed E-state index contributed by atoms with van der Waals surface area (Å²) in [6.07, 6.45) is 0. The monoisotopic (exact) mass is 355 g/mol. The number of hydrogen-bond donors (Lipinski definition) is 1. The van der Waals surface area contributed by atoms with Crippen molar-refractivity contribution in [3.63, 3.8) is 0 Å². The Bertz CT molecular complexity index is 613. The highest BCUT2D eigenvalue weighted by Crippen LogP contribution is 2.34. The molecule has 0 fully saturated rings. The van der Waals surface area contributed by atoms with Crippen molar-refractivity contribution in [2.45, 2.75) is 26.4 Å². The summed E-state index contributed by atoms with van der Waals surface area (Å²) in [6, 6.07) is 11.7. The molecule has 0 saturated heterocycles. The highest BCUT2D eigenvalue weighted by Gasteiger charge is 2.14. The Morgan fingerprint density at radius 2 is 1.85 bits per heavy atom. The van der Waals surface area contributed by atoms with E-state index in [1.54, 1.807) is 12.1 Å². The van der Waals surface area contributed by atoms with Gasteiger partial charge in [0.2, 0.25) is 0 Å². The summed E-state index contributed by atoms with van der Waals surface area (Å²) in [5.41, 5.74) is 2.45. The van der Waals surface area contributed by atoms with E-state index >= 15 is 0 Å². The molecule has 0 aliphatic rings. The van der Waals surface area contributed by atoms with Crippen LogP contribution >= 0.6 is 27.5 Å². The van der Waals surface area contributed by atoms with Crippen LogP contribution in [0.1, 0.15) is 19.4 Å². The Hall–Kier alpha value is -0.900. The van der Waals surface area contributed by atoms with Gasteiger partial charge in [0.15, 0.2) is 5.82 Å². The van der Waals surface area contributed by atoms with Crippen LogP contribution < -0.4 is 5.32 Å². The molecule has 20 heavy (non-hydrogen) atoms. The fourth-order valence-corrected chi connectivity index (χ4v) is 2.46. The van der Waals surface area contributed by atoms with Crippen molar-refractivity contribution in [1.29, 1.82) is 0 Å². The summed E-state index contributed by atoms with van der Waals surface area (Å²) in [4.78, 5) is 0. The molecule has 0 aliphatic carbocycles. The van der Waals surface area contributed by atoms with Crippen LogP contribution in [0.4, 0.5) is 4.39 Å². The molecule has 4 heteroatoms. The van der Waals surface area contributed by atoms with Gasteiger partial charge in [0.1, 0.15) is 0 Å². The largest absolute Gasteiger partial charge is 0.310 e. The summed E-state index contributed by atoms with van der Waals surface area (Å²) in [5, 5.41) is 3.47. The Labute approximate surface area is 132 Å². The van der Waals surface area contributed by atoms with Crippen molar-refractivity contribution in [2.24, 2.45) is 0 Å². The minimum Gasteiger partial charge on any atom is -0.310 e. The van der Waals surface area contributed by atoms with E-state index < -0.39 is 5.82 Å². The number of benzene rings is 2. The maximum absolute atomic E-state index is 14.3. The van der Waals surface area contributed by atoms with E-state index in [4.69, 9.17) is 11.6 Å². The molecule has 1 N–H and O–H groups in total. The molecular formula is C16H16BrClFN. The Kier molecular flexibility index (Phi) is 5.19. The van der Waals surface area contributed by atoms with Gasteiger partial charge in [-0.1, -0.05) is 55.8 Å². The molecule has 0 radical (unpaired) electrons. The molecule has 0 atom stereocenters. The first-order chi connectivity index (χ1) is 9.50. The lowest BCUT2D eigenvalue weighted by Crippen LogP contribution is -2.22. The van der Waals surface area contributed by atoms with Gasteiger partial charge in [0.05, 0.1) is 5.02 Å². The summed E-state index contributed by atoms with van der Waals surface area (Å²) in [5.74, 6) is -0.391. The van der Waals surface area contributed by atoms with Crippen molar-refractivity contribution in [3.05, 3.63) is 57.3 Å². The molecule has 106 valence electrons. The van der Waals surface area contributed by atoms with Crippen LogP contribution in [0.25, 0.3) is 11.1 Å². The lowest BCUT2D eigenvalue weighted by molar-refractivity contribution is 0.589. The van der Waals surface area contributed by atoms with Crippen molar-refractivity contribution in [1.82, 2.24) is 5.32 Å². The van der Waals surface area contributed by atoms with Gasteiger partial charge in [0, 0.05) is 22.6 Å². The zero-order chi connectivity index (χ0) is 14.7. The number of hydrogen-bond acceptors (Lipinski definition) is 1. The van der Waals surface area contributed by atoms with E-state index in [-0.39, 0.29) is 5.02 Å². The molecule has 0 spiro atoms. The van der Waals surface area contributed by atoms with E-state index in [2.05, 4.69) is 35.1 Å². The van der Waals surface area contributed by atoms with Gasteiger partial charge in [0.25, 0.3) is 0 Å². The van der Waals surface area contributed by atoms with Gasteiger partial charge in [-0.15, -0.1) is 0 Å². The van der Waals surface area contributed by atoms with E-state index in [0.29, 0.717) is 22.6 Å². The lowest BCUT2D eigenvalue weighted by atomic mass is 9.99. The molecule has 1 nitrogen and oxygen atoms in total. The van der Waals surface area contributed by atoms with Crippen molar-refractivity contribution in [2.75, 3.05) is 0 Å². The first-order valence-electron chi connectivity index (χ1n) is 6.46. The Balaban J connectivity index is 2.45. The molecule has 0 aromatic heterocycles. The SMILES string of the molecule is CC(C)NCc1ccccc1-c1ccc(Br)c(Cl)c1F. The first kappa shape index (κ1) is 15.5. The second kappa shape index (κ2) is 6.70. The number of rotatable bonds is 4. The van der Waals surface area contributed by atoms with Gasteiger partial charge in [-0.3, -0.25) is 0 Å². The third-order valence-electron chi connectivity index (χ3n) is 3.04. The third kappa shape index (κ3) is 3.40. The third-order valence-corrected chi connectivity index (χ3v) is 4.30. The number of halogens is 3. The summed E-state index contributed by atoms with van der Waals surface area (Å²) in [7, 11) is 0. The second-order valence-corrected chi connectivity index (χ2v) is 6.15. The molecule has 0 aliphatic heterocycles. The predicted molar refractivity (Wildman–Crippen MR) is 86.5 cm³/mol. The van der Waals surface area contributed by atoms with Gasteiger partial charge in [-0.25, -0.2) is 4.39 Å². The molecule has 0 amide bonds. The average molecular weight is 357 g/mol. The zero-order valence-corrected chi connectivity index (χ0v) is 13.7. The fourth-order valence-electron chi connectivity index (χ4n) is 1.99. The standard InChI is InChI=1S/C16H16BrClFN/c1-10(2)20-9-11-5-3-4-6-12(11)13-7-8-14(17)15(18)16(13)19/h3-8,10,20H,9H2,1-2H3. The maximum atomic E-state index is 14.3. The van der Waals surface area contributed by atoms with Crippen LogP contribution in [0.3, 0.4) is 0 Å². The van der Waals surface area contributed by atoms with Crippen LogP contribution in [-0.4, -0.2) is 6.04 Å². The van der Waals surface area contributed by atoms with Crippen LogP contribution in [0, 0.1) is 5.82 Å². The molecule has 2 aromatic rings. The summed E-state index contributed by atoms with van der Waals surface area (Å²) in [6.45, 7) is 4.86. The van der Waals surface area contributed by atoms with Gasteiger partial charge in [-0.05, 0) is 33.1 Å². The van der Waals surface area contributed by atoms with E-state index in [1.165, 1.54) is 0 Å². The highest BCUT2D eigenvalue weighted by atomic mass is 79.9. The first-order valence-corrected chi connectivity index (χ1v) is 7.63. The molecule has 0 heterocycles. The average Bonchev–Trinajstić information content (AvgIpc) is 2.43. The fraction of sp³-hybridized carbons (Fsp3) is 0.250. The van der Waals surface area contributed by atoms with Crippen molar-refractivity contribution in [3.8, 4) is 11.1 Å². The highest BCUT2D eigenvalue weighted by molar-refractivity contribution is 9.10. The van der Waals surface area contributed by atoms with Gasteiger partial charge < -0.3 is 5.32 Å². The minimum absolute atomic E-state index is 0.120. The minimum atomic E-state index is -0.391. The van der Waals surface area contributed by atoms with Crippen molar-refractivity contribution < 1.29 is 4.39 Å². The van der Waals surface area contributed by atoms with Crippen molar-refractivity contribution >= 4 is 27.5 Å². The second-order valence-electron chi connectivity index (χ2n) is 4.92. The molecule has 2 aromatic carbocycles. The smallest absolute Gasteiger partial charge is 0.150 e. The lowest BCUT2D eigenvalue weighted by Gasteiger charge is -2.14. The van der Waals surface area contributed by atoms with Crippen LogP contribution in [0.15, 0.2) is 40.9 Å².